The molecule has 0 nitrogen and oxygen atoms in total. The standard InChI is InChI=1S/C19H25Se.BrH/c1-18(2,3)16-12-15(14-10-8-7-9-11-14)13-17(20-16)19(4,5)6;/h7-13H,1-6H3;1H/q+1;/p-1. The molecule has 0 aliphatic carbocycles. The SMILES string of the molecule is CC(C)(C)c1cc(-c2ccccc2)cc(C(C)(C)C)[se+]1.[Br-]. The van der Waals surface area contributed by atoms with Crippen LogP contribution in [0, 0.1) is 0 Å². The fourth-order valence-corrected chi connectivity index (χ4v) is 4.60. The summed E-state index contributed by atoms with van der Waals surface area (Å²) in [6, 6.07) is 15.6. The topological polar surface area (TPSA) is 0 Å². The zero-order chi connectivity index (χ0) is 15.0. The van der Waals surface area contributed by atoms with Crippen LogP contribution >= 0.6 is 0 Å². The van der Waals surface area contributed by atoms with E-state index in [1.54, 1.807) is 8.87 Å². The average Bonchev–Trinajstić information content (AvgIpc) is 2.37. The maximum Gasteiger partial charge on any atom is -1.00 e. The zero-order valence-corrected chi connectivity index (χ0v) is 17.1. The number of hydrogen-bond acceptors (Lipinski definition) is 0. The predicted octanol–water partition coefficient (Wildman–Crippen LogP) is 2.29. The quantitative estimate of drug-likeness (QED) is 0.631. The van der Waals surface area contributed by atoms with Crippen LogP contribution in [0.15, 0.2) is 42.5 Å². The second-order valence-corrected chi connectivity index (χ2v) is 9.71. The van der Waals surface area contributed by atoms with Crippen LogP contribution in [-0.4, -0.2) is 14.5 Å². The molecular weight excluding hydrogens is 387 g/mol. The maximum atomic E-state index is 2.42. The van der Waals surface area contributed by atoms with Crippen LogP contribution in [0.4, 0.5) is 0 Å². The molecule has 2 heteroatoms. The monoisotopic (exact) mass is 412 g/mol. The Bertz CT molecular complexity index is 557. The van der Waals surface area contributed by atoms with Crippen LogP contribution in [0.2, 0.25) is 0 Å². The van der Waals surface area contributed by atoms with Crippen LogP contribution in [0.3, 0.4) is 0 Å². The van der Waals surface area contributed by atoms with Gasteiger partial charge in [-0.15, -0.1) is 0 Å². The molecule has 0 radical (unpaired) electrons. The molecule has 1 aromatic carbocycles. The summed E-state index contributed by atoms with van der Waals surface area (Å²) in [6.45, 7) is 14.0. The second kappa shape index (κ2) is 6.77. The van der Waals surface area contributed by atoms with E-state index < -0.39 is 0 Å². The Kier molecular flexibility index (Phi) is 6.00. The fourth-order valence-electron chi connectivity index (χ4n) is 2.04. The summed E-state index contributed by atoms with van der Waals surface area (Å²) in [5.74, 6) is 0. The first-order chi connectivity index (χ1) is 9.18. The van der Waals surface area contributed by atoms with Crippen LogP contribution in [-0.2, 0) is 10.8 Å². The van der Waals surface area contributed by atoms with Gasteiger partial charge in [0, 0.05) is 0 Å². The van der Waals surface area contributed by atoms with Gasteiger partial charge in [0.1, 0.15) is 0 Å². The fraction of sp³-hybridized carbons (Fsp3) is 0.421. The Morgan fingerprint density at radius 2 is 1.10 bits per heavy atom. The minimum Gasteiger partial charge on any atom is -1.00 e. The molecule has 0 spiro atoms. The van der Waals surface area contributed by atoms with Gasteiger partial charge >= 0.3 is 129 Å². The van der Waals surface area contributed by atoms with E-state index in [4.69, 9.17) is 0 Å². The molecule has 0 saturated heterocycles. The van der Waals surface area contributed by atoms with Crippen molar-refractivity contribution in [3.8, 4) is 11.1 Å². The van der Waals surface area contributed by atoms with Gasteiger partial charge in [-0.25, -0.2) is 0 Å². The Hall–Kier alpha value is -0.431. The molecule has 21 heavy (non-hydrogen) atoms. The predicted molar refractivity (Wildman–Crippen MR) is 90.6 cm³/mol. The first kappa shape index (κ1) is 18.6. The summed E-state index contributed by atoms with van der Waals surface area (Å²) in [4.78, 5) is 0. The Labute approximate surface area is 146 Å². The van der Waals surface area contributed by atoms with Crippen molar-refractivity contribution in [1.29, 1.82) is 0 Å². The molecule has 0 aliphatic rings. The molecule has 0 bridgehead atoms. The third kappa shape index (κ3) is 4.77. The molecule has 114 valence electrons. The van der Waals surface area contributed by atoms with E-state index in [1.165, 1.54) is 11.1 Å². The summed E-state index contributed by atoms with van der Waals surface area (Å²) < 4.78 is 3.19. The summed E-state index contributed by atoms with van der Waals surface area (Å²) in [5.41, 5.74) is 3.20. The molecule has 0 atom stereocenters. The Morgan fingerprint density at radius 3 is 1.48 bits per heavy atom. The molecular formula is C19H25BrSe. The van der Waals surface area contributed by atoms with E-state index in [2.05, 4.69) is 84.0 Å². The van der Waals surface area contributed by atoms with E-state index in [-0.39, 0.29) is 27.8 Å². The smallest absolute Gasteiger partial charge is 1.00 e. The van der Waals surface area contributed by atoms with E-state index in [9.17, 15) is 0 Å². The number of benzene rings is 1. The van der Waals surface area contributed by atoms with E-state index in [1.807, 2.05) is 0 Å². The Balaban J connectivity index is 0.00000220. The minimum atomic E-state index is 0. The summed E-state index contributed by atoms with van der Waals surface area (Å²) in [5, 5.41) is 0. The largest absolute Gasteiger partial charge is 1.00 e. The van der Waals surface area contributed by atoms with Gasteiger partial charge in [0.05, 0.1) is 0 Å². The molecule has 0 fully saturated rings. The zero-order valence-electron chi connectivity index (χ0n) is 13.8. The van der Waals surface area contributed by atoms with E-state index in [0.29, 0.717) is 14.5 Å². The molecule has 2 rings (SSSR count). The molecule has 2 aromatic rings. The normalized spacial score (nSPS) is 11.9. The van der Waals surface area contributed by atoms with Crippen molar-refractivity contribution in [3.05, 3.63) is 51.3 Å². The third-order valence-corrected chi connectivity index (χ3v) is 7.37. The minimum absolute atomic E-state index is 0. The van der Waals surface area contributed by atoms with E-state index >= 15 is 0 Å². The number of halogens is 1. The summed E-state index contributed by atoms with van der Waals surface area (Å²) in [7, 11) is 0. The second-order valence-electron chi connectivity index (χ2n) is 7.44. The van der Waals surface area contributed by atoms with Crippen LogP contribution in [0.25, 0.3) is 11.1 Å². The molecule has 1 heterocycles. The van der Waals surface area contributed by atoms with Crippen molar-refractivity contribution in [1.82, 2.24) is 0 Å². The molecule has 1 aromatic heterocycles. The number of rotatable bonds is 1. The third-order valence-electron chi connectivity index (χ3n) is 3.38. The van der Waals surface area contributed by atoms with Crippen molar-refractivity contribution < 1.29 is 17.0 Å². The van der Waals surface area contributed by atoms with Gasteiger partial charge in [0.2, 0.25) is 0 Å². The van der Waals surface area contributed by atoms with Gasteiger partial charge in [-0.3, -0.25) is 0 Å². The van der Waals surface area contributed by atoms with Crippen LogP contribution in [0.5, 0.6) is 0 Å². The van der Waals surface area contributed by atoms with E-state index in [0.717, 1.165) is 0 Å². The van der Waals surface area contributed by atoms with Gasteiger partial charge in [0.15, 0.2) is 0 Å². The van der Waals surface area contributed by atoms with Gasteiger partial charge in [-0.2, -0.15) is 0 Å². The summed E-state index contributed by atoms with van der Waals surface area (Å²) in [6.07, 6.45) is 0. The van der Waals surface area contributed by atoms with Gasteiger partial charge in [0.25, 0.3) is 0 Å². The average molecular weight is 412 g/mol. The van der Waals surface area contributed by atoms with Crippen LogP contribution in [0.1, 0.15) is 50.4 Å². The molecule has 0 amide bonds. The van der Waals surface area contributed by atoms with Crippen molar-refractivity contribution in [2.24, 2.45) is 0 Å². The first-order valence-corrected chi connectivity index (χ1v) is 8.94. The number of hydrogen-bond donors (Lipinski definition) is 0. The molecule has 0 saturated carbocycles. The first-order valence-electron chi connectivity index (χ1n) is 7.22. The van der Waals surface area contributed by atoms with Crippen molar-refractivity contribution in [2.75, 3.05) is 0 Å². The van der Waals surface area contributed by atoms with Crippen LogP contribution < -0.4 is 17.0 Å². The molecule has 0 unspecified atom stereocenters. The van der Waals surface area contributed by atoms with Gasteiger partial charge in [-0.05, 0) is 0 Å². The Morgan fingerprint density at radius 1 is 0.667 bits per heavy atom. The summed E-state index contributed by atoms with van der Waals surface area (Å²) >= 11 is 0.467. The van der Waals surface area contributed by atoms with Gasteiger partial charge in [-0.1, -0.05) is 0 Å². The van der Waals surface area contributed by atoms with Crippen molar-refractivity contribution in [2.45, 2.75) is 52.4 Å². The van der Waals surface area contributed by atoms with Crippen molar-refractivity contribution >= 4 is 14.5 Å². The molecule has 0 aliphatic heterocycles. The van der Waals surface area contributed by atoms with Crippen molar-refractivity contribution in [3.63, 3.8) is 0 Å². The molecule has 0 N–H and O–H groups in total. The maximum absolute atomic E-state index is 2.42. The van der Waals surface area contributed by atoms with Gasteiger partial charge < -0.3 is 17.0 Å².